The highest BCUT2D eigenvalue weighted by atomic mass is 16.6. The number of aromatic nitrogens is 2. The lowest BCUT2D eigenvalue weighted by Crippen LogP contribution is -1.95. The van der Waals surface area contributed by atoms with E-state index in [0.29, 0.717) is 5.82 Å². The molecular formula is C13H10N4O2. The van der Waals surface area contributed by atoms with Crippen LogP contribution in [-0.2, 0) is 0 Å². The van der Waals surface area contributed by atoms with Crippen LogP contribution in [0.15, 0.2) is 48.8 Å². The fourth-order valence-electron chi connectivity index (χ4n) is 2.05. The van der Waals surface area contributed by atoms with Crippen LogP contribution in [0.4, 0.5) is 11.5 Å². The van der Waals surface area contributed by atoms with Crippen LogP contribution in [0.25, 0.3) is 16.6 Å². The van der Waals surface area contributed by atoms with Gasteiger partial charge in [0.1, 0.15) is 5.82 Å². The number of nitrogens with zero attached hydrogens (tertiary/aromatic N) is 3. The number of fused-ring (bicyclic) bond motifs is 1. The number of benzene rings is 1. The largest absolute Gasteiger partial charge is 0.383 e. The van der Waals surface area contributed by atoms with Crippen molar-refractivity contribution in [1.82, 2.24) is 9.55 Å². The van der Waals surface area contributed by atoms with Crippen molar-refractivity contribution < 1.29 is 4.92 Å². The molecule has 0 amide bonds. The van der Waals surface area contributed by atoms with E-state index < -0.39 is 4.92 Å². The Morgan fingerprint density at radius 3 is 2.58 bits per heavy atom. The number of nitrogen functional groups attached to an aromatic ring is 1. The SMILES string of the molecule is Nc1nccc2c1ccn2-c1ccc([N+](=O)[O-])cc1. The van der Waals surface area contributed by atoms with Gasteiger partial charge in [0.15, 0.2) is 0 Å². The molecule has 6 heteroatoms. The number of nitro benzene ring substituents is 1. The number of rotatable bonds is 2. The van der Waals surface area contributed by atoms with Crippen molar-refractivity contribution in [2.24, 2.45) is 0 Å². The van der Waals surface area contributed by atoms with Gasteiger partial charge in [-0.15, -0.1) is 0 Å². The predicted molar refractivity (Wildman–Crippen MR) is 72.1 cm³/mol. The molecule has 3 rings (SSSR count). The minimum atomic E-state index is -0.417. The monoisotopic (exact) mass is 254 g/mol. The van der Waals surface area contributed by atoms with Crippen molar-refractivity contribution in [3.63, 3.8) is 0 Å². The molecule has 0 fully saturated rings. The first kappa shape index (κ1) is 11.2. The van der Waals surface area contributed by atoms with Crippen LogP contribution in [-0.4, -0.2) is 14.5 Å². The lowest BCUT2D eigenvalue weighted by atomic mass is 10.2. The first-order valence-electron chi connectivity index (χ1n) is 5.63. The summed E-state index contributed by atoms with van der Waals surface area (Å²) >= 11 is 0. The van der Waals surface area contributed by atoms with E-state index in [9.17, 15) is 10.1 Å². The van der Waals surface area contributed by atoms with E-state index in [-0.39, 0.29) is 5.69 Å². The second-order valence-electron chi connectivity index (χ2n) is 4.09. The third-order valence-corrected chi connectivity index (χ3v) is 2.99. The van der Waals surface area contributed by atoms with E-state index in [2.05, 4.69) is 4.98 Å². The maximum absolute atomic E-state index is 10.6. The topological polar surface area (TPSA) is 87.0 Å². The summed E-state index contributed by atoms with van der Waals surface area (Å²) in [7, 11) is 0. The zero-order valence-corrected chi connectivity index (χ0v) is 9.85. The smallest absolute Gasteiger partial charge is 0.269 e. The van der Waals surface area contributed by atoms with Gasteiger partial charge in [-0.3, -0.25) is 10.1 Å². The van der Waals surface area contributed by atoms with E-state index in [4.69, 9.17) is 5.73 Å². The normalized spacial score (nSPS) is 10.7. The van der Waals surface area contributed by atoms with Crippen molar-refractivity contribution >= 4 is 22.4 Å². The van der Waals surface area contributed by atoms with Gasteiger partial charge in [-0.1, -0.05) is 0 Å². The molecule has 94 valence electrons. The second kappa shape index (κ2) is 4.09. The number of hydrogen-bond acceptors (Lipinski definition) is 4. The molecule has 0 aliphatic rings. The maximum atomic E-state index is 10.6. The van der Waals surface area contributed by atoms with Crippen LogP contribution in [0.5, 0.6) is 0 Å². The third kappa shape index (κ3) is 1.79. The van der Waals surface area contributed by atoms with Crippen molar-refractivity contribution in [2.75, 3.05) is 5.73 Å². The molecule has 0 unspecified atom stereocenters. The number of anilines is 1. The Morgan fingerprint density at radius 2 is 1.89 bits per heavy atom. The molecule has 3 aromatic rings. The van der Waals surface area contributed by atoms with E-state index in [0.717, 1.165) is 16.6 Å². The minimum absolute atomic E-state index is 0.0707. The van der Waals surface area contributed by atoms with Gasteiger partial charge in [0.25, 0.3) is 5.69 Å². The van der Waals surface area contributed by atoms with E-state index >= 15 is 0 Å². The van der Waals surface area contributed by atoms with Crippen molar-refractivity contribution in [3.05, 3.63) is 58.9 Å². The molecule has 0 radical (unpaired) electrons. The molecule has 0 saturated carbocycles. The van der Waals surface area contributed by atoms with Gasteiger partial charge in [0.2, 0.25) is 0 Å². The van der Waals surface area contributed by atoms with Gasteiger partial charge in [-0.2, -0.15) is 0 Å². The van der Waals surface area contributed by atoms with Crippen LogP contribution in [0.2, 0.25) is 0 Å². The molecule has 2 N–H and O–H groups in total. The number of nitro groups is 1. The molecule has 0 aliphatic carbocycles. The summed E-state index contributed by atoms with van der Waals surface area (Å²) in [5, 5.41) is 11.5. The van der Waals surface area contributed by atoms with E-state index in [1.165, 1.54) is 12.1 Å². The quantitative estimate of drug-likeness (QED) is 0.562. The Balaban J connectivity index is 2.14. The first-order chi connectivity index (χ1) is 9.16. The van der Waals surface area contributed by atoms with E-state index in [1.54, 1.807) is 18.3 Å². The average Bonchev–Trinajstić information content (AvgIpc) is 2.84. The fourth-order valence-corrected chi connectivity index (χ4v) is 2.05. The number of pyridine rings is 1. The first-order valence-corrected chi connectivity index (χ1v) is 5.63. The predicted octanol–water partition coefficient (Wildman–Crippen LogP) is 2.52. The molecule has 2 aromatic heterocycles. The highest BCUT2D eigenvalue weighted by molar-refractivity contribution is 5.90. The summed E-state index contributed by atoms with van der Waals surface area (Å²) in [6.45, 7) is 0. The molecular weight excluding hydrogens is 244 g/mol. The van der Waals surface area contributed by atoms with Crippen LogP contribution in [0.3, 0.4) is 0 Å². The Morgan fingerprint density at radius 1 is 1.16 bits per heavy atom. The molecule has 6 nitrogen and oxygen atoms in total. The average molecular weight is 254 g/mol. The Labute approximate surface area is 108 Å². The summed E-state index contributed by atoms with van der Waals surface area (Å²) in [4.78, 5) is 14.2. The van der Waals surface area contributed by atoms with Gasteiger partial charge >= 0.3 is 0 Å². The Hall–Kier alpha value is -2.89. The van der Waals surface area contributed by atoms with Crippen molar-refractivity contribution in [3.8, 4) is 5.69 Å². The van der Waals surface area contributed by atoms with Gasteiger partial charge in [-0.25, -0.2) is 4.98 Å². The van der Waals surface area contributed by atoms with Crippen LogP contribution < -0.4 is 5.73 Å². The molecule has 1 aromatic carbocycles. The second-order valence-corrected chi connectivity index (χ2v) is 4.09. The zero-order valence-electron chi connectivity index (χ0n) is 9.85. The molecule has 0 saturated heterocycles. The summed E-state index contributed by atoms with van der Waals surface area (Å²) in [6, 6.07) is 10.1. The number of hydrogen-bond donors (Lipinski definition) is 1. The van der Waals surface area contributed by atoms with Gasteiger partial charge in [0, 0.05) is 35.6 Å². The lowest BCUT2D eigenvalue weighted by molar-refractivity contribution is -0.384. The minimum Gasteiger partial charge on any atom is -0.383 e. The van der Waals surface area contributed by atoms with Gasteiger partial charge in [-0.05, 0) is 24.3 Å². The third-order valence-electron chi connectivity index (χ3n) is 2.99. The van der Waals surface area contributed by atoms with Crippen molar-refractivity contribution in [1.29, 1.82) is 0 Å². The molecule has 2 heterocycles. The summed E-state index contributed by atoms with van der Waals surface area (Å²) < 4.78 is 1.91. The van der Waals surface area contributed by atoms with Gasteiger partial charge < -0.3 is 10.3 Å². The van der Waals surface area contributed by atoms with Crippen LogP contribution in [0, 0.1) is 10.1 Å². The highest BCUT2D eigenvalue weighted by Crippen LogP contribution is 2.24. The molecule has 19 heavy (non-hydrogen) atoms. The Bertz CT molecular complexity index is 762. The molecule has 0 bridgehead atoms. The van der Waals surface area contributed by atoms with Gasteiger partial charge in [0.05, 0.1) is 10.4 Å². The van der Waals surface area contributed by atoms with Crippen LogP contribution >= 0.6 is 0 Å². The number of non-ortho nitro benzene ring substituents is 1. The molecule has 0 atom stereocenters. The number of nitrogens with two attached hydrogens (primary N) is 1. The fraction of sp³-hybridized carbons (Fsp3) is 0. The Kier molecular flexibility index (Phi) is 2.42. The van der Waals surface area contributed by atoms with E-state index in [1.807, 2.05) is 22.9 Å². The van der Waals surface area contributed by atoms with Crippen LogP contribution in [0.1, 0.15) is 0 Å². The summed E-state index contributed by atoms with van der Waals surface area (Å²) in [6.07, 6.45) is 3.50. The molecule has 0 spiro atoms. The standard InChI is InChI=1S/C13H10N4O2/c14-13-11-6-8-16(12(11)5-7-15-13)9-1-3-10(4-2-9)17(18)19/h1-8H,(H2,14,15). The summed E-state index contributed by atoms with van der Waals surface area (Å²) in [5.41, 5.74) is 7.63. The summed E-state index contributed by atoms with van der Waals surface area (Å²) in [5.74, 6) is 0.471. The maximum Gasteiger partial charge on any atom is 0.269 e. The van der Waals surface area contributed by atoms with Crippen molar-refractivity contribution in [2.45, 2.75) is 0 Å². The zero-order chi connectivity index (χ0) is 13.4. The molecule has 0 aliphatic heterocycles. The lowest BCUT2D eigenvalue weighted by Gasteiger charge is -2.05. The highest BCUT2D eigenvalue weighted by Gasteiger charge is 2.08.